The van der Waals surface area contributed by atoms with Crippen LogP contribution in [0.25, 0.3) is 0 Å². The van der Waals surface area contributed by atoms with Gasteiger partial charge >= 0.3 is 0 Å². The third kappa shape index (κ3) is 4.67. The zero-order valence-electron chi connectivity index (χ0n) is 15.1. The lowest BCUT2D eigenvalue weighted by Gasteiger charge is -2.46. The Hall–Kier alpha value is -1.62. The van der Waals surface area contributed by atoms with Gasteiger partial charge in [-0.2, -0.15) is 0 Å². The Bertz CT molecular complexity index is 616. The van der Waals surface area contributed by atoms with Crippen molar-refractivity contribution in [3.8, 4) is 0 Å². The minimum atomic E-state index is -0.0153. The lowest BCUT2D eigenvalue weighted by molar-refractivity contribution is -0.123. The van der Waals surface area contributed by atoms with Gasteiger partial charge in [-0.05, 0) is 54.4 Å². The molecule has 0 saturated carbocycles. The van der Waals surface area contributed by atoms with Crippen molar-refractivity contribution in [2.75, 3.05) is 0 Å². The van der Waals surface area contributed by atoms with Crippen molar-refractivity contribution < 1.29 is 4.79 Å². The Morgan fingerprint density at radius 1 is 1.17 bits per heavy atom. The van der Waals surface area contributed by atoms with Crippen LogP contribution in [0.15, 0.2) is 16.9 Å². The number of pyridine rings is 1. The summed E-state index contributed by atoms with van der Waals surface area (Å²) in [6, 6.07) is 3.29. The molecule has 0 aromatic carbocycles. The summed E-state index contributed by atoms with van der Waals surface area (Å²) in [6.45, 7) is 12.7. The molecule has 0 spiro atoms. The molecule has 1 fully saturated rings. The van der Waals surface area contributed by atoms with Crippen LogP contribution in [0.4, 0.5) is 0 Å². The normalized spacial score (nSPS) is 20.3. The van der Waals surface area contributed by atoms with Crippen LogP contribution in [0.5, 0.6) is 0 Å². The molecular weight excluding hydrogens is 290 g/mol. The van der Waals surface area contributed by atoms with Gasteiger partial charge < -0.3 is 15.2 Å². The minimum Gasteiger partial charge on any atom is -0.352 e. The number of carbonyl (C=O) groups excluding carboxylic acids is 1. The van der Waals surface area contributed by atoms with Crippen LogP contribution in [0.3, 0.4) is 0 Å². The summed E-state index contributed by atoms with van der Waals surface area (Å²) < 4.78 is 1.88. The van der Waals surface area contributed by atoms with Crippen molar-refractivity contribution in [1.82, 2.24) is 15.2 Å². The van der Waals surface area contributed by atoms with E-state index in [2.05, 4.69) is 38.3 Å². The van der Waals surface area contributed by atoms with Crippen molar-refractivity contribution in [1.29, 1.82) is 0 Å². The van der Waals surface area contributed by atoms with E-state index in [9.17, 15) is 9.59 Å². The van der Waals surface area contributed by atoms with Gasteiger partial charge in [0.25, 0.3) is 0 Å². The van der Waals surface area contributed by atoms with E-state index in [0.717, 1.165) is 24.2 Å². The summed E-state index contributed by atoms with van der Waals surface area (Å²) in [6.07, 6.45) is 1.81. The zero-order chi connectivity index (χ0) is 17.4. The van der Waals surface area contributed by atoms with E-state index in [1.807, 2.05) is 18.4 Å². The second-order valence-corrected chi connectivity index (χ2v) is 8.13. The Morgan fingerprint density at radius 2 is 1.65 bits per heavy atom. The van der Waals surface area contributed by atoms with Gasteiger partial charge in [-0.3, -0.25) is 9.59 Å². The first-order valence-electron chi connectivity index (χ1n) is 8.24. The lowest BCUT2D eigenvalue weighted by atomic mass is 9.79. The molecular formula is C18H29N3O2. The highest BCUT2D eigenvalue weighted by Gasteiger charge is 2.38. The molecule has 0 aliphatic carbocycles. The fraction of sp³-hybridized carbons (Fsp3) is 0.667. The fourth-order valence-electron chi connectivity index (χ4n) is 3.98. The van der Waals surface area contributed by atoms with E-state index < -0.39 is 0 Å². The van der Waals surface area contributed by atoms with Gasteiger partial charge in [0.15, 0.2) is 5.43 Å². The third-order valence-corrected chi connectivity index (χ3v) is 4.41. The molecule has 1 aliphatic rings. The number of nitrogens with zero attached hydrogens (tertiary/aromatic N) is 1. The maximum atomic E-state index is 12.5. The number of aryl methyl sites for hydroxylation is 2. The van der Waals surface area contributed by atoms with Gasteiger partial charge in [0.1, 0.15) is 6.54 Å². The number of piperidine rings is 1. The van der Waals surface area contributed by atoms with Crippen LogP contribution in [0.2, 0.25) is 0 Å². The van der Waals surface area contributed by atoms with Crippen molar-refractivity contribution in [2.45, 2.75) is 78.0 Å². The average Bonchev–Trinajstić information content (AvgIpc) is 2.29. The smallest absolute Gasteiger partial charge is 0.240 e. The molecule has 1 amide bonds. The van der Waals surface area contributed by atoms with E-state index in [1.54, 1.807) is 12.1 Å². The molecule has 5 nitrogen and oxygen atoms in total. The lowest BCUT2D eigenvalue weighted by Crippen LogP contribution is -2.62. The van der Waals surface area contributed by atoms with Gasteiger partial charge in [-0.25, -0.2) is 0 Å². The number of hydrogen-bond acceptors (Lipinski definition) is 3. The highest BCUT2D eigenvalue weighted by atomic mass is 16.2. The average molecular weight is 319 g/mol. The molecule has 0 atom stereocenters. The first-order chi connectivity index (χ1) is 10.5. The summed E-state index contributed by atoms with van der Waals surface area (Å²) in [5, 5.41) is 6.79. The van der Waals surface area contributed by atoms with Crippen molar-refractivity contribution in [2.24, 2.45) is 0 Å². The molecule has 0 unspecified atom stereocenters. The van der Waals surface area contributed by atoms with Gasteiger partial charge in [-0.1, -0.05) is 0 Å². The van der Waals surface area contributed by atoms with Gasteiger partial charge in [-0.15, -0.1) is 0 Å². The summed E-state index contributed by atoms with van der Waals surface area (Å²) in [7, 11) is 0. The monoisotopic (exact) mass is 319 g/mol. The molecule has 1 aliphatic heterocycles. The van der Waals surface area contributed by atoms with Gasteiger partial charge in [0, 0.05) is 40.6 Å². The van der Waals surface area contributed by atoms with Crippen LogP contribution < -0.4 is 16.1 Å². The Morgan fingerprint density at radius 3 is 2.13 bits per heavy atom. The molecule has 2 N–H and O–H groups in total. The zero-order valence-corrected chi connectivity index (χ0v) is 15.1. The predicted octanol–water partition coefficient (Wildman–Crippen LogP) is 1.89. The molecule has 5 heteroatoms. The fourth-order valence-corrected chi connectivity index (χ4v) is 3.98. The standard InChI is InChI=1S/C18H29N3O2/c1-12-7-15(22)8-13(2)21(12)11-16(23)19-14-9-17(3,4)20-18(5,6)10-14/h7-8,14,20H,9-11H2,1-6H3,(H,19,23). The topological polar surface area (TPSA) is 63.1 Å². The summed E-state index contributed by atoms with van der Waals surface area (Å²) in [4.78, 5) is 23.9. The first kappa shape index (κ1) is 17.7. The quantitative estimate of drug-likeness (QED) is 0.894. The number of amides is 1. The summed E-state index contributed by atoms with van der Waals surface area (Å²) >= 11 is 0. The molecule has 1 aromatic rings. The maximum Gasteiger partial charge on any atom is 0.240 e. The van der Waals surface area contributed by atoms with Crippen LogP contribution in [-0.4, -0.2) is 27.6 Å². The van der Waals surface area contributed by atoms with E-state index in [0.29, 0.717) is 0 Å². The number of rotatable bonds is 3. The van der Waals surface area contributed by atoms with Crippen molar-refractivity contribution in [3.63, 3.8) is 0 Å². The molecule has 1 saturated heterocycles. The molecule has 0 bridgehead atoms. The van der Waals surface area contributed by atoms with E-state index in [1.165, 1.54) is 0 Å². The van der Waals surface area contributed by atoms with Crippen LogP contribution in [0, 0.1) is 13.8 Å². The number of hydrogen-bond donors (Lipinski definition) is 2. The van der Waals surface area contributed by atoms with Crippen molar-refractivity contribution >= 4 is 5.91 Å². The predicted molar refractivity (Wildman–Crippen MR) is 92.6 cm³/mol. The minimum absolute atomic E-state index is 0.00153. The van der Waals surface area contributed by atoms with E-state index in [4.69, 9.17) is 0 Å². The largest absolute Gasteiger partial charge is 0.352 e. The summed E-state index contributed by atoms with van der Waals surface area (Å²) in [5.41, 5.74) is 1.62. The van der Waals surface area contributed by atoms with Crippen LogP contribution in [-0.2, 0) is 11.3 Å². The van der Waals surface area contributed by atoms with E-state index >= 15 is 0 Å². The van der Waals surface area contributed by atoms with Gasteiger partial charge in [0.2, 0.25) is 5.91 Å². The molecule has 2 heterocycles. The second-order valence-electron chi connectivity index (χ2n) is 8.13. The van der Waals surface area contributed by atoms with Crippen LogP contribution in [0.1, 0.15) is 51.9 Å². The molecule has 1 aromatic heterocycles. The second kappa shape index (κ2) is 6.11. The maximum absolute atomic E-state index is 12.5. The first-order valence-corrected chi connectivity index (χ1v) is 8.24. The molecule has 2 rings (SSSR count). The van der Waals surface area contributed by atoms with Crippen molar-refractivity contribution in [3.05, 3.63) is 33.7 Å². The SMILES string of the molecule is Cc1cc(=O)cc(C)n1CC(=O)NC1CC(C)(C)NC(C)(C)C1. The number of nitrogens with one attached hydrogen (secondary N) is 2. The number of aromatic nitrogens is 1. The Labute approximate surface area is 138 Å². The highest BCUT2D eigenvalue weighted by molar-refractivity contribution is 5.76. The molecule has 0 radical (unpaired) electrons. The summed E-state index contributed by atoms with van der Waals surface area (Å²) in [5.74, 6) is -0.00153. The van der Waals surface area contributed by atoms with Crippen LogP contribution >= 0.6 is 0 Å². The van der Waals surface area contributed by atoms with E-state index in [-0.39, 0.29) is 35.0 Å². The third-order valence-electron chi connectivity index (χ3n) is 4.41. The highest BCUT2D eigenvalue weighted by Crippen LogP contribution is 2.28. The molecule has 23 heavy (non-hydrogen) atoms. The van der Waals surface area contributed by atoms with Gasteiger partial charge in [0.05, 0.1) is 0 Å². The molecule has 128 valence electrons. The Balaban J connectivity index is 2.07. The number of carbonyl (C=O) groups is 1. The Kier molecular flexibility index (Phi) is 4.71.